The van der Waals surface area contributed by atoms with E-state index >= 15 is 0 Å². The van der Waals surface area contributed by atoms with Crippen LogP contribution in [0.3, 0.4) is 0 Å². The number of hydrogen-bond donors (Lipinski definition) is 0. The molecule has 0 aromatic heterocycles. The fourth-order valence-corrected chi connectivity index (χ4v) is 3.16. The molecule has 1 atom stereocenters. The lowest BCUT2D eigenvalue weighted by molar-refractivity contribution is -0.0621. The van der Waals surface area contributed by atoms with E-state index in [2.05, 4.69) is 6.58 Å². The van der Waals surface area contributed by atoms with Gasteiger partial charge < -0.3 is 9.16 Å². The van der Waals surface area contributed by atoms with Crippen LogP contribution in [-0.4, -0.2) is 30.5 Å². The Kier molecular flexibility index (Phi) is 8.78. The van der Waals surface area contributed by atoms with Crippen molar-refractivity contribution in [2.75, 3.05) is 6.61 Å². The molecule has 0 N–H and O–H groups in total. The SMILES string of the molecule is C=CCCOC(C)O[SiH2][SiH2]Cl. The van der Waals surface area contributed by atoms with Crippen molar-refractivity contribution < 1.29 is 9.16 Å². The molecular weight excluding hydrogens is 196 g/mol. The Bertz CT molecular complexity index is 103. The zero-order chi connectivity index (χ0) is 8.53. The van der Waals surface area contributed by atoms with Gasteiger partial charge in [-0.15, -0.1) is 6.58 Å². The van der Waals surface area contributed by atoms with Gasteiger partial charge in [0.2, 0.25) is 0 Å². The molecule has 0 heterocycles. The first-order valence-corrected chi connectivity index (χ1v) is 10.4. The summed E-state index contributed by atoms with van der Waals surface area (Å²) >= 11 is 5.61. The van der Waals surface area contributed by atoms with Crippen LogP contribution in [0.15, 0.2) is 12.7 Å². The Morgan fingerprint density at radius 3 is 3.00 bits per heavy atom. The van der Waals surface area contributed by atoms with Crippen LogP contribution >= 0.6 is 11.1 Å². The van der Waals surface area contributed by atoms with E-state index in [0.717, 1.165) is 6.42 Å². The number of rotatable bonds is 7. The Labute approximate surface area is 77.2 Å². The molecule has 0 radical (unpaired) electrons. The van der Waals surface area contributed by atoms with Crippen LogP contribution in [0.2, 0.25) is 0 Å². The van der Waals surface area contributed by atoms with Crippen LogP contribution in [0.1, 0.15) is 13.3 Å². The number of hydrogen-bond acceptors (Lipinski definition) is 2. The molecule has 0 amide bonds. The van der Waals surface area contributed by atoms with E-state index in [1.165, 1.54) is 0 Å². The van der Waals surface area contributed by atoms with E-state index in [9.17, 15) is 0 Å². The van der Waals surface area contributed by atoms with Gasteiger partial charge in [-0.05, 0) is 13.3 Å². The van der Waals surface area contributed by atoms with Crippen LogP contribution in [0.4, 0.5) is 0 Å². The molecule has 11 heavy (non-hydrogen) atoms. The molecule has 0 fully saturated rings. The highest BCUT2D eigenvalue weighted by molar-refractivity contribution is 7.24. The molecule has 5 heteroatoms. The van der Waals surface area contributed by atoms with Crippen molar-refractivity contribution in [1.29, 1.82) is 0 Å². The first kappa shape index (κ1) is 11.4. The molecule has 0 aliphatic carbocycles. The van der Waals surface area contributed by atoms with Gasteiger partial charge in [0.15, 0.2) is 9.28 Å². The van der Waals surface area contributed by atoms with Crippen molar-refractivity contribution in [3.8, 4) is 0 Å². The fraction of sp³-hybridized carbons (Fsp3) is 0.667. The average molecular weight is 211 g/mol. The summed E-state index contributed by atoms with van der Waals surface area (Å²) in [6.07, 6.45) is 2.65. The third-order valence-corrected chi connectivity index (χ3v) is 4.52. The molecular formula is C6H15ClO2Si2. The number of ether oxygens (including phenoxy) is 1. The second kappa shape index (κ2) is 8.48. The van der Waals surface area contributed by atoms with Crippen LogP contribution in [0.5, 0.6) is 0 Å². The van der Waals surface area contributed by atoms with Gasteiger partial charge >= 0.3 is 0 Å². The summed E-state index contributed by atoms with van der Waals surface area (Å²) in [7, 11) is -0.775. The summed E-state index contributed by atoms with van der Waals surface area (Å²) in [4.78, 5) is 0. The average Bonchev–Trinajstić information content (AvgIpc) is 2.01. The monoisotopic (exact) mass is 210 g/mol. The Morgan fingerprint density at radius 2 is 2.45 bits per heavy atom. The van der Waals surface area contributed by atoms with Crippen LogP contribution in [-0.2, 0) is 9.16 Å². The van der Waals surface area contributed by atoms with Crippen molar-refractivity contribution in [2.45, 2.75) is 19.6 Å². The minimum Gasteiger partial charge on any atom is -0.402 e. The van der Waals surface area contributed by atoms with Crippen molar-refractivity contribution >= 4 is 28.7 Å². The molecule has 66 valence electrons. The van der Waals surface area contributed by atoms with Gasteiger partial charge in [-0.2, -0.15) is 11.1 Å². The van der Waals surface area contributed by atoms with Gasteiger partial charge in [-0.25, -0.2) is 0 Å². The summed E-state index contributed by atoms with van der Waals surface area (Å²) in [6, 6.07) is 0. The van der Waals surface area contributed by atoms with Crippen molar-refractivity contribution in [2.24, 2.45) is 0 Å². The molecule has 0 aliphatic heterocycles. The van der Waals surface area contributed by atoms with Gasteiger partial charge in [0.1, 0.15) is 14.6 Å². The van der Waals surface area contributed by atoms with E-state index < -0.39 is 9.28 Å². The first-order chi connectivity index (χ1) is 5.31. The highest BCUT2D eigenvalue weighted by atomic mass is 35.6. The fourth-order valence-electron chi connectivity index (χ4n) is 0.576. The van der Waals surface area contributed by atoms with E-state index in [-0.39, 0.29) is 14.6 Å². The molecule has 0 aromatic carbocycles. The Morgan fingerprint density at radius 1 is 1.73 bits per heavy atom. The summed E-state index contributed by atoms with van der Waals surface area (Å²) in [5.41, 5.74) is 0. The zero-order valence-electron chi connectivity index (χ0n) is 6.88. The zero-order valence-corrected chi connectivity index (χ0v) is 10.5. The maximum absolute atomic E-state index is 5.61. The third kappa shape index (κ3) is 8.29. The first-order valence-electron chi connectivity index (χ1n) is 3.71. The van der Waals surface area contributed by atoms with Gasteiger partial charge in [-0.1, -0.05) is 6.08 Å². The van der Waals surface area contributed by atoms with Crippen molar-refractivity contribution in [1.82, 2.24) is 0 Å². The second-order valence-corrected chi connectivity index (χ2v) is 8.96. The normalized spacial score (nSPS) is 15.1. The van der Waals surface area contributed by atoms with E-state index in [1.807, 2.05) is 13.0 Å². The molecule has 0 aliphatic rings. The summed E-state index contributed by atoms with van der Waals surface area (Å²) in [5, 5.41) is 0. The maximum atomic E-state index is 5.61. The van der Waals surface area contributed by atoms with Crippen LogP contribution < -0.4 is 0 Å². The summed E-state index contributed by atoms with van der Waals surface area (Å²) in [5.74, 6) is 0. The lowest BCUT2D eigenvalue weighted by Crippen LogP contribution is -2.18. The van der Waals surface area contributed by atoms with Gasteiger partial charge in [-0.3, -0.25) is 0 Å². The minimum absolute atomic E-state index is 0.0622. The molecule has 1 unspecified atom stereocenters. The number of halogens is 1. The highest BCUT2D eigenvalue weighted by Gasteiger charge is 1.99. The van der Waals surface area contributed by atoms with E-state index in [4.69, 9.17) is 20.2 Å². The molecule has 0 spiro atoms. The standard InChI is InChI=1S/C6H15ClO2Si2/c1-3-4-5-8-6(2)9-11-10-7/h3,6H,1,4-5,10-11H2,2H3. The summed E-state index contributed by atoms with van der Waals surface area (Å²) in [6.45, 7) is 6.20. The largest absolute Gasteiger partial charge is 0.402 e. The van der Waals surface area contributed by atoms with E-state index in [0.29, 0.717) is 6.61 Å². The van der Waals surface area contributed by atoms with Gasteiger partial charge in [0.25, 0.3) is 0 Å². The van der Waals surface area contributed by atoms with Gasteiger partial charge in [0.05, 0.1) is 6.61 Å². The van der Waals surface area contributed by atoms with Crippen LogP contribution in [0.25, 0.3) is 0 Å². The predicted octanol–water partition coefficient (Wildman–Crippen LogP) is 0.263. The predicted molar refractivity (Wildman–Crippen MR) is 54.3 cm³/mol. The second-order valence-electron chi connectivity index (χ2n) is 2.08. The molecule has 0 saturated carbocycles. The summed E-state index contributed by atoms with van der Waals surface area (Å²) < 4.78 is 10.6. The highest BCUT2D eigenvalue weighted by Crippen LogP contribution is 1.93. The lowest BCUT2D eigenvalue weighted by Gasteiger charge is -2.12. The molecule has 0 bridgehead atoms. The topological polar surface area (TPSA) is 18.5 Å². The smallest absolute Gasteiger partial charge is 0.165 e. The van der Waals surface area contributed by atoms with Gasteiger partial charge in [0, 0.05) is 0 Å². The molecule has 0 saturated heterocycles. The molecule has 0 aromatic rings. The maximum Gasteiger partial charge on any atom is 0.165 e. The third-order valence-electron chi connectivity index (χ3n) is 1.10. The van der Waals surface area contributed by atoms with E-state index in [1.54, 1.807) is 0 Å². The molecule has 2 nitrogen and oxygen atoms in total. The minimum atomic E-state index is -0.407. The lowest BCUT2D eigenvalue weighted by atomic mass is 10.5. The Balaban J connectivity index is 3.08. The Hall–Kier alpha value is 0.384. The quantitative estimate of drug-likeness (QED) is 0.197. The van der Waals surface area contributed by atoms with Crippen LogP contribution in [0, 0.1) is 0 Å². The van der Waals surface area contributed by atoms with Crippen molar-refractivity contribution in [3.63, 3.8) is 0 Å². The molecule has 0 rings (SSSR count). The van der Waals surface area contributed by atoms with Crippen molar-refractivity contribution in [3.05, 3.63) is 12.7 Å².